The average molecular weight is 247 g/mol. The van der Waals surface area contributed by atoms with Crippen LogP contribution in [0.3, 0.4) is 0 Å². The fraction of sp³-hybridized carbons (Fsp3) is 0.385. The van der Waals surface area contributed by atoms with Crippen LogP contribution < -0.4 is 10.1 Å². The zero-order chi connectivity index (χ0) is 13.0. The van der Waals surface area contributed by atoms with Crippen molar-refractivity contribution < 1.29 is 9.15 Å². The summed E-state index contributed by atoms with van der Waals surface area (Å²) in [4.78, 5) is 0. The third kappa shape index (κ3) is 3.07. The fourth-order valence-electron chi connectivity index (χ4n) is 1.66. The van der Waals surface area contributed by atoms with E-state index in [2.05, 4.69) is 22.4 Å². The Labute approximate surface area is 106 Å². The topological polar surface area (TPSA) is 60.2 Å². The number of methoxy groups -OCH3 is 1. The van der Waals surface area contributed by atoms with Crippen LogP contribution in [0.1, 0.15) is 30.3 Å². The van der Waals surface area contributed by atoms with E-state index >= 15 is 0 Å². The molecule has 0 amide bonds. The highest BCUT2D eigenvalue weighted by Gasteiger charge is 2.07. The summed E-state index contributed by atoms with van der Waals surface area (Å²) < 4.78 is 10.4. The molecule has 0 aliphatic carbocycles. The molecule has 1 aromatic carbocycles. The van der Waals surface area contributed by atoms with Crippen LogP contribution in [0.5, 0.6) is 5.75 Å². The number of rotatable bonds is 5. The second-order valence-electron chi connectivity index (χ2n) is 4.09. The summed E-state index contributed by atoms with van der Waals surface area (Å²) in [5, 5.41) is 11.1. The maximum absolute atomic E-state index is 5.30. The van der Waals surface area contributed by atoms with E-state index in [0.717, 1.165) is 5.75 Å². The normalized spacial score (nSPS) is 12.4. The quantitative estimate of drug-likeness (QED) is 0.878. The monoisotopic (exact) mass is 247 g/mol. The highest BCUT2D eigenvalue weighted by atomic mass is 16.5. The van der Waals surface area contributed by atoms with E-state index in [1.165, 1.54) is 5.56 Å². The largest absolute Gasteiger partial charge is 0.497 e. The second-order valence-corrected chi connectivity index (χ2v) is 4.09. The summed E-state index contributed by atoms with van der Waals surface area (Å²) in [6.45, 7) is 4.43. The molecular formula is C13H17N3O2. The van der Waals surface area contributed by atoms with E-state index in [1.54, 1.807) is 14.0 Å². The van der Waals surface area contributed by atoms with Crippen LogP contribution in [0, 0.1) is 6.92 Å². The van der Waals surface area contributed by atoms with E-state index in [9.17, 15) is 0 Å². The molecule has 96 valence electrons. The van der Waals surface area contributed by atoms with E-state index in [-0.39, 0.29) is 6.04 Å². The molecule has 0 aliphatic heterocycles. The van der Waals surface area contributed by atoms with Gasteiger partial charge in [-0.2, -0.15) is 0 Å². The number of nitrogens with zero attached hydrogens (tertiary/aromatic N) is 2. The van der Waals surface area contributed by atoms with E-state index in [0.29, 0.717) is 18.3 Å². The number of ether oxygens (including phenoxy) is 1. The van der Waals surface area contributed by atoms with Crippen molar-refractivity contribution in [2.24, 2.45) is 0 Å². The molecule has 0 aliphatic rings. The Morgan fingerprint density at radius 3 is 2.56 bits per heavy atom. The Morgan fingerprint density at radius 1 is 1.28 bits per heavy atom. The van der Waals surface area contributed by atoms with E-state index in [4.69, 9.17) is 9.15 Å². The van der Waals surface area contributed by atoms with Crippen LogP contribution >= 0.6 is 0 Å². The van der Waals surface area contributed by atoms with Crippen molar-refractivity contribution in [2.45, 2.75) is 26.4 Å². The molecule has 0 radical (unpaired) electrons. The lowest BCUT2D eigenvalue weighted by molar-refractivity contribution is 0.413. The van der Waals surface area contributed by atoms with Gasteiger partial charge in [0, 0.05) is 13.0 Å². The highest BCUT2D eigenvalue weighted by molar-refractivity contribution is 5.28. The SMILES string of the molecule is COc1ccc(C(C)NCc2nnc(C)o2)cc1. The second kappa shape index (κ2) is 5.64. The smallest absolute Gasteiger partial charge is 0.230 e. The minimum absolute atomic E-state index is 0.211. The van der Waals surface area contributed by atoms with Gasteiger partial charge in [-0.1, -0.05) is 12.1 Å². The van der Waals surface area contributed by atoms with Crippen LogP contribution in [-0.4, -0.2) is 17.3 Å². The van der Waals surface area contributed by atoms with Gasteiger partial charge in [0.25, 0.3) is 0 Å². The maximum atomic E-state index is 5.30. The minimum Gasteiger partial charge on any atom is -0.497 e. The maximum Gasteiger partial charge on any atom is 0.230 e. The highest BCUT2D eigenvalue weighted by Crippen LogP contribution is 2.17. The zero-order valence-electron chi connectivity index (χ0n) is 10.8. The van der Waals surface area contributed by atoms with Crippen molar-refractivity contribution in [3.05, 3.63) is 41.6 Å². The molecular weight excluding hydrogens is 230 g/mol. The van der Waals surface area contributed by atoms with Gasteiger partial charge in [-0.15, -0.1) is 10.2 Å². The molecule has 0 saturated heterocycles. The number of hydrogen-bond donors (Lipinski definition) is 1. The van der Waals surface area contributed by atoms with E-state index in [1.807, 2.05) is 24.3 Å². The Hall–Kier alpha value is -1.88. The van der Waals surface area contributed by atoms with Crippen LogP contribution in [0.4, 0.5) is 0 Å². The molecule has 5 heteroatoms. The van der Waals surface area contributed by atoms with Crippen LogP contribution in [-0.2, 0) is 6.54 Å². The molecule has 5 nitrogen and oxygen atoms in total. The van der Waals surface area contributed by atoms with Gasteiger partial charge in [0.15, 0.2) is 0 Å². The summed E-state index contributed by atoms with van der Waals surface area (Å²) in [6, 6.07) is 8.18. The molecule has 1 N–H and O–H groups in total. The molecule has 2 rings (SSSR count). The fourth-order valence-corrected chi connectivity index (χ4v) is 1.66. The first-order chi connectivity index (χ1) is 8.69. The summed E-state index contributed by atoms with van der Waals surface area (Å²) in [5.41, 5.74) is 1.19. The van der Waals surface area contributed by atoms with Gasteiger partial charge in [0.1, 0.15) is 5.75 Å². The molecule has 1 unspecified atom stereocenters. The summed E-state index contributed by atoms with van der Waals surface area (Å²) >= 11 is 0. The number of aromatic nitrogens is 2. The van der Waals surface area contributed by atoms with Crippen molar-refractivity contribution in [1.82, 2.24) is 15.5 Å². The predicted molar refractivity (Wildman–Crippen MR) is 67.3 cm³/mol. The first-order valence-electron chi connectivity index (χ1n) is 5.85. The molecule has 1 atom stereocenters. The van der Waals surface area contributed by atoms with Crippen LogP contribution in [0.25, 0.3) is 0 Å². The Kier molecular flexibility index (Phi) is 3.94. The summed E-state index contributed by atoms with van der Waals surface area (Å²) in [6.07, 6.45) is 0. The number of nitrogens with one attached hydrogen (secondary N) is 1. The number of hydrogen-bond acceptors (Lipinski definition) is 5. The first kappa shape index (κ1) is 12.6. The number of aryl methyl sites for hydroxylation is 1. The lowest BCUT2D eigenvalue weighted by Gasteiger charge is -2.13. The van der Waals surface area contributed by atoms with Gasteiger partial charge in [-0.3, -0.25) is 0 Å². The molecule has 2 aromatic rings. The predicted octanol–water partition coefficient (Wildman–Crippen LogP) is 2.24. The van der Waals surface area contributed by atoms with Gasteiger partial charge in [0.2, 0.25) is 11.8 Å². The van der Waals surface area contributed by atoms with Crippen LogP contribution in [0.15, 0.2) is 28.7 Å². The van der Waals surface area contributed by atoms with Crippen LogP contribution in [0.2, 0.25) is 0 Å². The molecule has 18 heavy (non-hydrogen) atoms. The molecule has 0 bridgehead atoms. The lowest BCUT2D eigenvalue weighted by Crippen LogP contribution is -2.18. The Morgan fingerprint density at radius 2 is 2.00 bits per heavy atom. The van der Waals surface area contributed by atoms with Crippen molar-refractivity contribution in [3.63, 3.8) is 0 Å². The minimum atomic E-state index is 0.211. The standard InChI is InChI=1S/C13H17N3O2/c1-9(11-4-6-12(17-3)7-5-11)14-8-13-16-15-10(2)18-13/h4-7,9,14H,8H2,1-3H3. The van der Waals surface area contributed by atoms with Gasteiger partial charge in [-0.05, 0) is 24.6 Å². The Bertz CT molecular complexity index is 493. The third-order valence-electron chi connectivity index (χ3n) is 2.74. The van der Waals surface area contributed by atoms with Gasteiger partial charge < -0.3 is 14.5 Å². The van der Waals surface area contributed by atoms with Crippen molar-refractivity contribution >= 4 is 0 Å². The molecule has 1 heterocycles. The van der Waals surface area contributed by atoms with Crippen molar-refractivity contribution in [2.75, 3.05) is 7.11 Å². The molecule has 0 saturated carbocycles. The van der Waals surface area contributed by atoms with Gasteiger partial charge >= 0.3 is 0 Å². The molecule has 1 aromatic heterocycles. The van der Waals surface area contributed by atoms with E-state index < -0.39 is 0 Å². The third-order valence-corrected chi connectivity index (χ3v) is 2.74. The zero-order valence-corrected chi connectivity index (χ0v) is 10.8. The Balaban J connectivity index is 1.92. The molecule has 0 fully saturated rings. The number of benzene rings is 1. The van der Waals surface area contributed by atoms with Crippen molar-refractivity contribution in [3.8, 4) is 5.75 Å². The summed E-state index contributed by atoms with van der Waals surface area (Å²) in [7, 11) is 1.66. The molecule has 0 spiro atoms. The summed E-state index contributed by atoms with van der Waals surface area (Å²) in [5.74, 6) is 2.05. The lowest BCUT2D eigenvalue weighted by atomic mass is 10.1. The average Bonchev–Trinajstić information content (AvgIpc) is 2.82. The first-order valence-corrected chi connectivity index (χ1v) is 5.85. The van der Waals surface area contributed by atoms with Gasteiger partial charge in [-0.25, -0.2) is 0 Å². The van der Waals surface area contributed by atoms with Gasteiger partial charge in [0.05, 0.1) is 13.7 Å². The van der Waals surface area contributed by atoms with Crippen molar-refractivity contribution in [1.29, 1.82) is 0 Å².